The van der Waals surface area contributed by atoms with Gasteiger partial charge < -0.3 is 15.5 Å². The topological polar surface area (TPSA) is 52.5 Å². The van der Waals surface area contributed by atoms with E-state index in [1.165, 1.54) is 5.56 Å². The highest BCUT2D eigenvalue weighted by Crippen LogP contribution is 2.31. The van der Waals surface area contributed by atoms with Crippen molar-refractivity contribution in [3.05, 3.63) is 64.2 Å². The first-order valence-corrected chi connectivity index (χ1v) is 8.45. The number of benzene rings is 2. The highest BCUT2D eigenvalue weighted by Gasteiger charge is 2.20. The van der Waals surface area contributed by atoms with Crippen molar-refractivity contribution in [1.29, 1.82) is 0 Å². The van der Waals surface area contributed by atoms with E-state index >= 15 is 0 Å². The van der Waals surface area contributed by atoms with E-state index in [2.05, 4.69) is 11.4 Å². The molecular weight excluding hydrogens is 345 g/mol. The van der Waals surface area contributed by atoms with Gasteiger partial charge in [0, 0.05) is 11.6 Å². The van der Waals surface area contributed by atoms with Crippen LogP contribution in [0.2, 0.25) is 5.02 Å². The average Bonchev–Trinajstić information content (AvgIpc) is 2.55. The van der Waals surface area contributed by atoms with E-state index in [-0.39, 0.29) is 12.4 Å². The fourth-order valence-corrected chi connectivity index (χ4v) is 3.49. The van der Waals surface area contributed by atoms with Crippen molar-refractivity contribution >= 4 is 24.0 Å². The highest BCUT2D eigenvalue weighted by atomic mass is 35.5. The van der Waals surface area contributed by atoms with Crippen LogP contribution in [0, 0.1) is 5.92 Å². The lowest BCUT2D eigenvalue weighted by atomic mass is 9.83. The molecule has 3 nitrogen and oxygen atoms in total. The number of hydrogen-bond acceptors (Lipinski definition) is 3. The van der Waals surface area contributed by atoms with Crippen LogP contribution in [0.4, 0.5) is 0 Å². The molecule has 0 saturated heterocycles. The fourth-order valence-electron chi connectivity index (χ4n) is 3.29. The van der Waals surface area contributed by atoms with E-state index < -0.39 is 6.10 Å². The largest absolute Gasteiger partial charge is 0.508 e. The quantitative estimate of drug-likeness (QED) is 0.751. The highest BCUT2D eigenvalue weighted by molar-refractivity contribution is 6.30. The van der Waals surface area contributed by atoms with Gasteiger partial charge in [-0.25, -0.2) is 0 Å². The van der Waals surface area contributed by atoms with E-state index in [0.717, 1.165) is 36.9 Å². The first-order valence-electron chi connectivity index (χ1n) is 8.07. The molecule has 2 atom stereocenters. The first-order chi connectivity index (χ1) is 11.1. The van der Waals surface area contributed by atoms with Gasteiger partial charge in [0.15, 0.2) is 0 Å². The summed E-state index contributed by atoms with van der Waals surface area (Å²) in [6, 6.07) is 13.1. The summed E-state index contributed by atoms with van der Waals surface area (Å²) in [5, 5.41) is 24.1. The molecule has 0 bridgehead atoms. The van der Waals surface area contributed by atoms with Crippen LogP contribution in [0.5, 0.6) is 5.75 Å². The van der Waals surface area contributed by atoms with Crippen molar-refractivity contribution in [2.75, 3.05) is 13.1 Å². The Balaban J connectivity index is 0.00000208. The SMILES string of the molecule is Cl.Oc1cccc2c1CCC(CNCC(O)c1cccc(Cl)c1)C2. The number of phenolic OH excluding ortho intramolecular Hbond substituents is 1. The molecule has 1 aliphatic rings. The molecule has 0 amide bonds. The maximum absolute atomic E-state index is 10.2. The van der Waals surface area contributed by atoms with Crippen LogP contribution >= 0.6 is 24.0 Å². The number of fused-ring (bicyclic) bond motifs is 1. The number of rotatable bonds is 5. The molecule has 5 heteroatoms. The Morgan fingerprint density at radius 2 is 2.00 bits per heavy atom. The third-order valence-corrected chi connectivity index (χ3v) is 4.80. The van der Waals surface area contributed by atoms with Crippen molar-refractivity contribution in [3.63, 3.8) is 0 Å². The number of hydrogen-bond donors (Lipinski definition) is 3. The molecule has 2 unspecified atom stereocenters. The predicted octanol–water partition coefficient (Wildman–Crippen LogP) is 3.90. The molecule has 0 aromatic heterocycles. The van der Waals surface area contributed by atoms with Crippen LogP contribution in [-0.2, 0) is 12.8 Å². The van der Waals surface area contributed by atoms with Crippen LogP contribution in [0.25, 0.3) is 0 Å². The summed E-state index contributed by atoms with van der Waals surface area (Å²) in [5.74, 6) is 0.959. The van der Waals surface area contributed by atoms with Gasteiger partial charge in [0.25, 0.3) is 0 Å². The van der Waals surface area contributed by atoms with Gasteiger partial charge in [-0.3, -0.25) is 0 Å². The summed E-state index contributed by atoms with van der Waals surface area (Å²) in [7, 11) is 0. The summed E-state index contributed by atoms with van der Waals surface area (Å²) in [6.45, 7) is 1.39. The van der Waals surface area contributed by atoms with Crippen molar-refractivity contribution in [2.24, 2.45) is 5.92 Å². The van der Waals surface area contributed by atoms with Crippen molar-refractivity contribution in [1.82, 2.24) is 5.32 Å². The molecule has 24 heavy (non-hydrogen) atoms. The molecule has 0 saturated carbocycles. The van der Waals surface area contributed by atoms with Gasteiger partial charge in [-0.15, -0.1) is 12.4 Å². The second-order valence-electron chi connectivity index (χ2n) is 6.25. The van der Waals surface area contributed by atoms with Gasteiger partial charge in [-0.2, -0.15) is 0 Å². The second-order valence-corrected chi connectivity index (χ2v) is 6.69. The molecule has 0 spiro atoms. The average molecular weight is 368 g/mol. The minimum absolute atomic E-state index is 0. The van der Waals surface area contributed by atoms with Gasteiger partial charge in [0.05, 0.1) is 6.10 Å². The van der Waals surface area contributed by atoms with E-state index in [9.17, 15) is 10.2 Å². The number of aliphatic hydroxyl groups excluding tert-OH is 1. The third-order valence-electron chi connectivity index (χ3n) is 4.56. The normalized spacial score (nSPS) is 17.7. The summed E-state index contributed by atoms with van der Waals surface area (Å²) >= 11 is 5.95. The number of aliphatic hydroxyl groups is 1. The van der Waals surface area contributed by atoms with Gasteiger partial charge >= 0.3 is 0 Å². The Morgan fingerprint density at radius 3 is 2.79 bits per heavy atom. The maximum Gasteiger partial charge on any atom is 0.119 e. The summed E-state index contributed by atoms with van der Waals surface area (Å²) in [6.07, 6.45) is 2.41. The Morgan fingerprint density at radius 1 is 1.21 bits per heavy atom. The Bertz CT molecular complexity index is 678. The smallest absolute Gasteiger partial charge is 0.119 e. The second kappa shape index (κ2) is 8.72. The van der Waals surface area contributed by atoms with Gasteiger partial charge in [0.2, 0.25) is 0 Å². The van der Waals surface area contributed by atoms with Crippen LogP contribution in [-0.4, -0.2) is 23.3 Å². The van der Waals surface area contributed by atoms with E-state index in [4.69, 9.17) is 11.6 Å². The van der Waals surface area contributed by atoms with E-state index in [1.807, 2.05) is 18.2 Å². The number of aromatic hydroxyl groups is 1. The van der Waals surface area contributed by atoms with E-state index in [0.29, 0.717) is 23.2 Å². The van der Waals surface area contributed by atoms with Crippen molar-refractivity contribution in [2.45, 2.75) is 25.4 Å². The third kappa shape index (κ3) is 4.64. The van der Waals surface area contributed by atoms with Gasteiger partial charge in [0.1, 0.15) is 5.75 Å². The van der Waals surface area contributed by atoms with Crippen LogP contribution < -0.4 is 5.32 Å². The molecule has 130 valence electrons. The molecule has 0 aliphatic heterocycles. The molecule has 3 rings (SSSR count). The first kappa shape index (κ1) is 19.1. The zero-order valence-electron chi connectivity index (χ0n) is 13.4. The molecular formula is C19H23Cl2NO2. The van der Waals surface area contributed by atoms with E-state index in [1.54, 1.807) is 18.2 Å². The van der Waals surface area contributed by atoms with Gasteiger partial charge in [-0.05, 0) is 66.6 Å². The lowest BCUT2D eigenvalue weighted by Crippen LogP contribution is -2.30. The molecule has 2 aromatic carbocycles. The maximum atomic E-state index is 10.2. The zero-order valence-corrected chi connectivity index (χ0v) is 15.0. The standard InChI is InChI=1S/C19H22ClNO2.ClH/c20-16-5-1-4-15(10-16)19(23)12-21-11-13-7-8-17-14(9-13)3-2-6-18(17)22;/h1-6,10,13,19,21-23H,7-9,11-12H2;1H. The molecule has 0 fully saturated rings. The van der Waals surface area contributed by atoms with Gasteiger partial charge in [-0.1, -0.05) is 35.9 Å². The number of phenols is 1. The Hall–Kier alpha value is -1.26. The number of nitrogens with one attached hydrogen (secondary N) is 1. The zero-order chi connectivity index (χ0) is 16.2. The van der Waals surface area contributed by atoms with Crippen molar-refractivity contribution < 1.29 is 10.2 Å². The molecule has 0 heterocycles. The predicted molar refractivity (Wildman–Crippen MR) is 100 cm³/mol. The number of halogens is 2. The minimum Gasteiger partial charge on any atom is -0.508 e. The molecule has 0 radical (unpaired) electrons. The monoisotopic (exact) mass is 367 g/mol. The fraction of sp³-hybridized carbons (Fsp3) is 0.368. The molecule has 1 aliphatic carbocycles. The van der Waals surface area contributed by atoms with Crippen LogP contribution in [0.15, 0.2) is 42.5 Å². The molecule has 3 N–H and O–H groups in total. The summed E-state index contributed by atoms with van der Waals surface area (Å²) < 4.78 is 0. The minimum atomic E-state index is -0.548. The summed E-state index contributed by atoms with van der Waals surface area (Å²) in [4.78, 5) is 0. The Kier molecular flexibility index (Phi) is 6.93. The lowest BCUT2D eigenvalue weighted by molar-refractivity contribution is 0.172. The van der Waals surface area contributed by atoms with Crippen LogP contribution in [0.3, 0.4) is 0 Å². The van der Waals surface area contributed by atoms with Crippen LogP contribution in [0.1, 0.15) is 29.2 Å². The summed E-state index contributed by atoms with van der Waals surface area (Å²) in [5.41, 5.74) is 3.19. The Labute approximate surface area is 154 Å². The van der Waals surface area contributed by atoms with Crippen molar-refractivity contribution in [3.8, 4) is 5.75 Å². The molecule has 2 aromatic rings. The lowest BCUT2D eigenvalue weighted by Gasteiger charge is -2.26.